The third-order valence-electron chi connectivity index (χ3n) is 6.17. The zero-order valence-electron chi connectivity index (χ0n) is 22.1. The Hall–Kier alpha value is -3.51. The van der Waals surface area contributed by atoms with Crippen molar-refractivity contribution < 1.29 is 47.9 Å². The summed E-state index contributed by atoms with van der Waals surface area (Å²) < 4.78 is 34.0. The molecule has 2 aliphatic rings. The summed E-state index contributed by atoms with van der Waals surface area (Å²) in [5.41, 5.74) is 0.125. The van der Waals surface area contributed by atoms with Gasteiger partial charge in [-0.1, -0.05) is 48.5 Å². The Morgan fingerprint density at radius 3 is 2.26 bits per heavy atom. The van der Waals surface area contributed by atoms with Crippen LogP contribution in [-0.2, 0) is 33.2 Å². The molecule has 11 nitrogen and oxygen atoms in total. The van der Waals surface area contributed by atoms with Crippen molar-refractivity contribution in [3.05, 3.63) is 71.8 Å². The molecule has 11 heteroatoms. The van der Waals surface area contributed by atoms with Gasteiger partial charge in [-0.2, -0.15) is 0 Å². The molecule has 2 aliphatic heterocycles. The van der Waals surface area contributed by atoms with E-state index in [2.05, 4.69) is 5.32 Å². The molecule has 0 aliphatic carbocycles. The first-order valence-corrected chi connectivity index (χ1v) is 12.6. The standard InChI is InChI=1S/C28H33NO10/c1-28(2,3)39-27(33)29-19(25(32)34-4)22-20(30)23(37-24(31)16-11-7-5-8-12-16)21-18(36-22)15-35-26(38-21)17-13-9-6-10-14-17/h5-14,18-23,26,30H,15H2,1-4H3,(H,29,33)/t18-,19-,20+,21-,22+,23-,26-/m1/s1. The lowest BCUT2D eigenvalue weighted by atomic mass is 9.90. The molecule has 2 saturated heterocycles. The van der Waals surface area contributed by atoms with Gasteiger partial charge in [0.2, 0.25) is 0 Å². The second-order valence-corrected chi connectivity index (χ2v) is 10.2. The van der Waals surface area contributed by atoms with Crippen molar-refractivity contribution >= 4 is 18.0 Å². The minimum atomic E-state index is -1.60. The number of carbonyl (C=O) groups excluding carboxylic acids is 3. The van der Waals surface area contributed by atoms with Crippen molar-refractivity contribution in [1.82, 2.24) is 5.32 Å². The predicted octanol–water partition coefficient (Wildman–Crippen LogP) is 2.52. The lowest BCUT2D eigenvalue weighted by Gasteiger charge is -2.48. The van der Waals surface area contributed by atoms with Gasteiger partial charge in [-0.15, -0.1) is 0 Å². The molecule has 2 aromatic carbocycles. The largest absolute Gasteiger partial charge is 0.467 e. The smallest absolute Gasteiger partial charge is 0.408 e. The molecule has 39 heavy (non-hydrogen) atoms. The summed E-state index contributed by atoms with van der Waals surface area (Å²) in [7, 11) is 1.13. The predicted molar refractivity (Wildman–Crippen MR) is 135 cm³/mol. The molecular weight excluding hydrogens is 510 g/mol. The van der Waals surface area contributed by atoms with E-state index < -0.39 is 66.5 Å². The molecule has 0 saturated carbocycles. The number of hydrogen-bond acceptors (Lipinski definition) is 10. The zero-order chi connectivity index (χ0) is 28.2. The van der Waals surface area contributed by atoms with Gasteiger partial charge in [-0.3, -0.25) is 0 Å². The number of alkyl carbamates (subject to hydrolysis) is 1. The fraction of sp³-hybridized carbons (Fsp3) is 0.464. The summed E-state index contributed by atoms with van der Waals surface area (Å²) >= 11 is 0. The van der Waals surface area contributed by atoms with Crippen molar-refractivity contribution in [3.63, 3.8) is 0 Å². The first-order valence-electron chi connectivity index (χ1n) is 12.6. The van der Waals surface area contributed by atoms with Crippen LogP contribution in [0, 0.1) is 0 Å². The van der Waals surface area contributed by atoms with Gasteiger partial charge in [-0.05, 0) is 32.9 Å². The van der Waals surface area contributed by atoms with Crippen LogP contribution in [0.3, 0.4) is 0 Å². The Kier molecular flexibility index (Phi) is 8.86. The molecule has 210 valence electrons. The van der Waals surface area contributed by atoms with E-state index in [1.54, 1.807) is 51.1 Å². The van der Waals surface area contributed by atoms with Gasteiger partial charge in [0.05, 0.1) is 19.3 Å². The van der Waals surface area contributed by atoms with Crippen molar-refractivity contribution in [2.24, 2.45) is 0 Å². The van der Waals surface area contributed by atoms with Gasteiger partial charge >= 0.3 is 18.0 Å². The summed E-state index contributed by atoms with van der Waals surface area (Å²) in [6, 6.07) is 15.9. The number of aliphatic hydroxyl groups excluding tert-OH is 1. The van der Waals surface area contributed by atoms with Crippen LogP contribution in [0.4, 0.5) is 4.79 Å². The average molecular weight is 544 g/mol. The van der Waals surface area contributed by atoms with E-state index in [0.717, 1.165) is 12.7 Å². The normalized spacial score (nSPS) is 27.4. The minimum absolute atomic E-state index is 0.00678. The fourth-order valence-electron chi connectivity index (χ4n) is 4.42. The second-order valence-electron chi connectivity index (χ2n) is 10.2. The Morgan fingerprint density at radius 2 is 1.64 bits per heavy atom. The molecule has 2 aromatic rings. The maximum atomic E-state index is 13.0. The number of carbonyl (C=O) groups is 3. The fourth-order valence-corrected chi connectivity index (χ4v) is 4.42. The molecule has 0 aromatic heterocycles. The quantitative estimate of drug-likeness (QED) is 0.413. The first kappa shape index (κ1) is 28.5. The number of hydrogen-bond donors (Lipinski definition) is 2. The molecule has 0 bridgehead atoms. The number of methoxy groups -OCH3 is 1. The van der Waals surface area contributed by atoms with E-state index in [1.807, 2.05) is 30.3 Å². The molecule has 7 atom stereocenters. The highest BCUT2D eigenvalue weighted by atomic mass is 16.7. The van der Waals surface area contributed by atoms with Crippen LogP contribution in [-0.4, -0.2) is 79.0 Å². The van der Waals surface area contributed by atoms with Gasteiger partial charge in [-0.25, -0.2) is 14.4 Å². The Labute approximate surface area is 226 Å². The van der Waals surface area contributed by atoms with Crippen LogP contribution in [0.15, 0.2) is 60.7 Å². The number of aliphatic hydroxyl groups is 1. The van der Waals surface area contributed by atoms with Gasteiger partial charge in [0.1, 0.15) is 30.0 Å². The molecule has 2 heterocycles. The number of esters is 2. The molecule has 0 unspecified atom stereocenters. The zero-order valence-corrected chi connectivity index (χ0v) is 22.1. The summed E-state index contributed by atoms with van der Waals surface area (Å²) in [5, 5.41) is 13.9. The summed E-state index contributed by atoms with van der Waals surface area (Å²) in [6.45, 7) is 4.98. The van der Waals surface area contributed by atoms with E-state index in [-0.39, 0.29) is 12.2 Å². The maximum absolute atomic E-state index is 13.0. The lowest BCUT2D eigenvalue weighted by molar-refractivity contribution is -0.329. The average Bonchev–Trinajstić information content (AvgIpc) is 2.92. The molecular formula is C28H33NO10. The van der Waals surface area contributed by atoms with E-state index in [9.17, 15) is 19.5 Å². The third-order valence-corrected chi connectivity index (χ3v) is 6.17. The maximum Gasteiger partial charge on any atom is 0.408 e. The van der Waals surface area contributed by atoms with Crippen LogP contribution >= 0.6 is 0 Å². The van der Waals surface area contributed by atoms with Gasteiger partial charge in [0.25, 0.3) is 0 Å². The van der Waals surface area contributed by atoms with Crippen molar-refractivity contribution in [3.8, 4) is 0 Å². The molecule has 1 amide bonds. The number of rotatable bonds is 6. The number of benzene rings is 2. The Balaban J connectivity index is 1.63. The van der Waals surface area contributed by atoms with Crippen LogP contribution in [0.1, 0.15) is 43.0 Å². The highest BCUT2D eigenvalue weighted by molar-refractivity contribution is 5.89. The topological polar surface area (TPSA) is 139 Å². The lowest BCUT2D eigenvalue weighted by Crippen LogP contribution is -2.68. The number of ether oxygens (including phenoxy) is 6. The van der Waals surface area contributed by atoms with E-state index in [1.165, 1.54) is 0 Å². The number of fused-ring (bicyclic) bond motifs is 1. The molecule has 0 spiro atoms. The molecule has 2 fully saturated rings. The summed E-state index contributed by atoms with van der Waals surface area (Å²) in [5.74, 6) is -1.60. The van der Waals surface area contributed by atoms with Crippen molar-refractivity contribution in [1.29, 1.82) is 0 Å². The van der Waals surface area contributed by atoms with Crippen molar-refractivity contribution in [2.45, 2.75) is 69.2 Å². The third kappa shape index (κ3) is 6.93. The van der Waals surface area contributed by atoms with Crippen LogP contribution in [0.5, 0.6) is 0 Å². The van der Waals surface area contributed by atoms with Crippen LogP contribution in [0.2, 0.25) is 0 Å². The summed E-state index contributed by atoms with van der Waals surface area (Å²) in [4.78, 5) is 38.3. The van der Waals surface area contributed by atoms with E-state index in [4.69, 9.17) is 28.4 Å². The van der Waals surface area contributed by atoms with Gasteiger partial charge < -0.3 is 38.8 Å². The highest BCUT2D eigenvalue weighted by Gasteiger charge is 2.55. The van der Waals surface area contributed by atoms with E-state index in [0.29, 0.717) is 0 Å². The number of nitrogens with one attached hydrogen (secondary N) is 1. The van der Waals surface area contributed by atoms with Crippen LogP contribution in [0.25, 0.3) is 0 Å². The Bertz CT molecular complexity index is 1140. The minimum Gasteiger partial charge on any atom is -0.467 e. The second kappa shape index (κ2) is 12.1. The Morgan fingerprint density at radius 1 is 1.00 bits per heavy atom. The van der Waals surface area contributed by atoms with E-state index >= 15 is 0 Å². The van der Waals surface area contributed by atoms with Gasteiger partial charge in [0, 0.05) is 5.56 Å². The first-order chi connectivity index (χ1) is 18.6. The molecule has 4 rings (SSSR count). The monoisotopic (exact) mass is 543 g/mol. The summed E-state index contributed by atoms with van der Waals surface area (Å²) in [6.07, 6.45) is -7.83. The molecule has 0 radical (unpaired) electrons. The van der Waals surface area contributed by atoms with Gasteiger partial charge in [0.15, 0.2) is 18.4 Å². The SMILES string of the molecule is COC(=O)[C@H](NC(=O)OC(C)(C)C)[C@@H]1O[C@@H]2CO[C@@H](c3ccccc3)O[C@H]2[C@H](OC(=O)c2ccccc2)[C@H]1O. The van der Waals surface area contributed by atoms with Crippen molar-refractivity contribution in [2.75, 3.05) is 13.7 Å². The van der Waals surface area contributed by atoms with Crippen LogP contribution < -0.4 is 5.32 Å². The molecule has 2 N–H and O–H groups in total. The highest BCUT2D eigenvalue weighted by Crippen LogP contribution is 2.36. The number of amides is 1.